The van der Waals surface area contributed by atoms with Gasteiger partial charge in [0, 0.05) is 17.5 Å². The third-order valence-electron chi connectivity index (χ3n) is 2.51. The molecule has 0 unspecified atom stereocenters. The molecule has 0 bridgehead atoms. The van der Waals surface area contributed by atoms with Gasteiger partial charge in [-0.1, -0.05) is 23.4 Å². The number of nitrogens with one attached hydrogen (secondary N) is 1. The molecule has 0 saturated heterocycles. The number of aliphatic hydroxyl groups is 1. The second kappa shape index (κ2) is 7.39. The molecule has 2 N–H and O–H groups in total. The van der Waals surface area contributed by atoms with Crippen LogP contribution in [-0.4, -0.2) is 27.6 Å². The molecule has 1 heterocycles. The molecule has 1 aromatic heterocycles. The molecular weight excluding hydrogens is 290 g/mol. The Bertz CT molecular complexity index is 693. The number of amides is 1. The smallest absolute Gasteiger partial charge is 0.255 e. The lowest BCUT2D eigenvalue weighted by Gasteiger charge is -2.05. The van der Waals surface area contributed by atoms with E-state index in [0.29, 0.717) is 28.3 Å². The highest BCUT2D eigenvalue weighted by atomic mass is 35.5. The van der Waals surface area contributed by atoms with E-state index in [1.807, 2.05) is 0 Å². The summed E-state index contributed by atoms with van der Waals surface area (Å²) in [4.78, 5) is 19.7. The van der Waals surface area contributed by atoms with Gasteiger partial charge in [0.15, 0.2) is 0 Å². The number of rotatable bonds is 3. The number of aliphatic hydroxyl groups excluding tert-OH is 1. The van der Waals surface area contributed by atoms with E-state index >= 15 is 0 Å². The molecule has 0 radical (unpaired) electrons. The second-order valence-corrected chi connectivity index (χ2v) is 4.46. The number of hydrogen-bond acceptors (Lipinski definition) is 4. The third-order valence-corrected chi connectivity index (χ3v) is 2.82. The van der Waals surface area contributed by atoms with Gasteiger partial charge in [0.05, 0.1) is 29.7 Å². The highest BCUT2D eigenvalue weighted by Gasteiger charge is 2.08. The predicted octanol–water partition coefficient (Wildman–Crippen LogP) is 2.12. The van der Waals surface area contributed by atoms with E-state index in [-0.39, 0.29) is 12.5 Å². The number of aromatic nitrogens is 2. The molecule has 0 aliphatic heterocycles. The van der Waals surface area contributed by atoms with Gasteiger partial charge < -0.3 is 10.4 Å². The molecule has 6 heteroatoms. The topological polar surface area (TPSA) is 75.1 Å². The fraction of sp³-hybridized carbons (Fsp3) is 0.133. The summed E-state index contributed by atoms with van der Waals surface area (Å²) in [5, 5.41) is 11.7. The van der Waals surface area contributed by atoms with Crippen LogP contribution < -0.4 is 5.32 Å². The van der Waals surface area contributed by atoms with Crippen molar-refractivity contribution >= 4 is 23.2 Å². The summed E-state index contributed by atoms with van der Waals surface area (Å²) in [7, 11) is 0. The minimum absolute atomic E-state index is 0.00422. The van der Waals surface area contributed by atoms with Crippen LogP contribution in [0.1, 0.15) is 22.3 Å². The van der Waals surface area contributed by atoms with Crippen LogP contribution in [0, 0.1) is 11.8 Å². The Hall–Kier alpha value is -2.42. The number of carbonyl (C=O) groups is 1. The average Bonchev–Trinajstić information content (AvgIpc) is 2.50. The Labute approximate surface area is 127 Å². The summed E-state index contributed by atoms with van der Waals surface area (Å²) >= 11 is 6.09. The van der Waals surface area contributed by atoms with Crippen molar-refractivity contribution in [3.05, 3.63) is 53.1 Å². The summed E-state index contributed by atoms with van der Waals surface area (Å²) in [6, 6.07) is 4.85. The van der Waals surface area contributed by atoms with Crippen molar-refractivity contribution < 1.29 is 9.90 Å². The van der Waals surface area contributed by atoms with E-state index in [0.717, 1.165) is 0 Å². The van der Waals surface area contributed by atoms with Crippen LogP contribution in [0.4, 0.5) is 5.69 Å². The minimum Gasteiger partial charge on any atom is -0.395 e. The van der Waals surface area contributed by atoms with Crippen molar-refractivity contribution in [2.75, 3.05) is 11.9 Å². The van der Waals surface area contributed by atoms with Gasteiger partial charge in [-0.2, -0.15) is 0 Å². The number of nitrogens with zero attached hydrogens (tertiary/aromatic N) is 2. The van der Waals surface area contributed by atoms with Gasteiger partial charge in [-0.15, -0.1) is 0 Å². The third kappa shape index (κ3) is 4.28. The fourth-order valence-electron chi connectivity index (χ4n) is 1.54. The fourth-order valence-corrected chi connectivity index (χ4v) is 1.77. The van der Waals surface area contributed by atoms with Gasteiger partial charge in [-0.25, -0.2) is 9.97 Å². The summed E-state index contributed by atoms with van der Waals surface area (Å²) < 4.78 is 0. The Morgan fingerprint density at radius 2 is 2.10 bits per heavy atom. The van der Waals surface area contributed by atoms with Crippen LogP contribution in [-0.2, 0) is 0 Å². The lowest BCUT2D eigenvalue weighted by molar-refractivity contribution is 0.102. The highest BCUT2D eigenvalue weighted by molar-refractivity contribution is 6.32. The molecule has 2 rings (SSSR count). The SMILES string of the molecule is O=C(Nc1cncnc1)c1ccc(C#CCCO)c(Cl)c1. The Morgan fingerprint density at radius 3 is 2.76 bits per heavy atom. The van der Waals surface area contributed by atoms with Crippen LogP contribution in [0.2, 0.25) is 5.02 Å². The lowest BCUT2D eigenvalue weighted by atomic mass is 10.1. The molecule has 21 heavy (non-hydrogen) atoms. The molecule has 1 aromatic carbocycles. The van der Waals surface area contributed by atoms with Gasteiger partial charge in [-0.3, -0.25) is 4.79 Å². The molecule has 2 aromatic rings. The van der Waals surface area contributed by atoms with E-state index in [4.69, 9.17) is 16.7 Å². The maximum absolute atomic E-state index is 12.0. The second-order valence-electron chi connectivity index (χ2n) is 4.05. The first-order chi connectivity index (χ1) is 10.2. The molecule has 106 valence electrons. The number of hydrogen-bond donors (Lipinski definition) is 2. The first-order valence-electron chi connectivity index (χ1n) is 6.16. The number of carbonyl (C=O) groups excluding carboxylic acids is 1. The van der Waals surface area contributed by atoms with E-state index in [9.17, 15) is 4.79 Å². The molecule has 0 aliphatic carbocycles. The van der Waals surface area contributed by atoms with Crippen LogP contribution in [0.3, 0.4) is 0 Å². The largest absolute Gasteiger partial charge is 0.395 e. The van der Waals surface area contributed by atoms with Crippen molar-refractivity contribution in [2.45, 2.75) is 6.42 Å². The first kappa shape index (κ1) is 15.0. The quantitative estimate of drug-likeness (QED) is 0.852. The van der Waals surface area contributed by atoms with Crippen molar-refractivity contribution in [3.63, 3.8) is 0 Å². The Kier molecular flexibility index (Phi) is 5.27. The number of halogens is 1. The predicted molar refractivity (Wildman–Crippen MR) is 80.0 cm³/mol. The molecule has 0 saturated carbocycles. The van der Waals surface area contributed by atoms with Crippen molar-refractivity contribution in [1.29, 1.82) is 0 Å². The zero-order chi connectivity index (χ0) is 15.1. The van der Waals surface area contributed by atoms with Crippen LogP contribution in [0.25, 0.3) is 0 Å². The van der Waals surface area contributed by atoms with Gasteiger partial charge in [0.25, 0.3) is 5.91 Å². The van der Waals surface area contributed by atoms with Gasteiger partial charge >= 0.3 is 0 Å². The van der Waals surface area contributed by atoms with Crippen LogP contribution in [0.15, 0.2) is 36.9 Å². The average molecular weight is 302 g/mol. The standard InChI is InChI=1S/C15H12ClN3O2/c16-14-7-12(5-4-11(14)3-1-2-6-20)15(21)19-13-8-17-10-18-9-13/h4-5,7-10,20H,2,6H2,(H,19,21). The molecule has 1 amide bonds. The zero-order valence-corrected chi connectivity index (χ0v) is 11.8. The maximum Gasteiger partial charge on any atom is 0.255 e. The molecule has 0 fully saturated rings. The van der Waals surface area contributed by atoms with Crippen LogP contribution >= 0.6 is 11.6 Å². The first-order valence-corrected chi connectivity index (χ1v) is 6.54. The van der Waals surface area contributed by atoms with Crippen molar-refractivity contribution in [3.8, 4) is 11.8 Å². The molecular formula is C15H12ClN3O2. The Balaban J connectivity index is 2.13. The number of benzene rings is 1. The van der Waals surface area contributed by atoms with E-state index in [2.05, 4.69) is 27.1 Å². The lowest BCUT2D eigenvalue weighted by Crippen LogP contribution is -2.12. The number of anilines is 1. The summed E-state index contributed by atoms with van der Waals surface area (Å²) in [6.45, 7) is 0.00422. The zero-order valence-electron chi connectivity index (χ0n) is 11.0. The summed E-state index contributed by atoms with van der Waals surface area (Å²) in [6.07, 6.45) is 4.77. The molecule has 5 nitrogen and oxygen atoms in total. The Morgan fingerprint density at radius 1 is 1.33 bits per heavy atom. The molecule has 0 aliphatic rings. The van der Waals surface area contributed by atoms with Gasteiger partial charge in [0.2, 0.25) is 0 Å². The van der Waals surface area contributed by atoms with E-state index in [1.165, 1.54) is 18.7 Å². The van der Waals surface area contributed by atoms with E-state index < -0.39 is 0 Å². The van der Waals surface area contributed by atoms with E-state index in [1.54, 1.807) is 18.2 Å². The monoisotopic (exact) mass is 301 g/mol. The molecule has 0 spiro atoms. The van der Waals surface area contributed by atoms with Gasteiger partial charge in [0.1, 0.15) is 6.33 Å². The van der Waals surface area contributed by atoms with Crippen LogP contribution in [0.5, 0.6) is 0 Å². The normalized spacial score (nSPS) is 9.62. The van der Waals surface area contributed by atoms with Gasteiger partial charge in [-0.05, 0) is 18.2 Å². The summed E-state index contributed by atoms with van der Waals surface area (Å²) in [5.74, 6) is 5.31. The van der Waals surface area contributed by atoms with Crippen molar-refractivity contribution in [2.24, 2.45) is 0 Å². The minimum atomic E-state index is -0.304. The highest BCUT2D eigenvalue weighted by Crippen LogP contribution is 2.18. The van der Waals surface area contributed by atoms with Crippen molar-refractivity contribution in [1.82, 2.24) is 9.97 Å². The summed E-state index contributed by atoms with van der Waals surface area (Å²) in [5.41, 5.74) is 1.53. The molecule has 0 atom stereocenters. The maximum atomic E-state index is 12.0.